The molecule has 0 heterocycles. The average molecular weight is 324 g/mol. The third-order valence-corrected chi connectivity index (χ3v) is 3.45. The van der Waals surface area contributed by atoms with Crippen molar-refractivity contribution in [3.05, 3.63) is 30.3 Å². The van der Waals surface area contributed by atoms with E-state index in [9.17, 15) is 9.59 Å². The molecule has 22 heavy (non-hydrogen) atoms. The summed E-state index contributed by atoms with van der Waals surface area (Å²) in [6.07, 6.45) is 2.56. The van der Waals surface area contributed by atoms with Gasteiger partial charge in [-0.3, -0.25) is 9.59 Å². The van der Waals surface area contributed by atoms with Gasteiger partial charge in [-0.2, -0.15) is 11.8 Å². The summed E-state index contributed by atoms with van der Waals surface area (Å²) in [5.41, 5.74) is 0. The van der Waals surface area contributed by atoms with Crippen molar-refractivity contribution in [3.63, 3.8) is 0 Å². The number of ether oxygens (including phenoxy) is 1. The summed E-state index contributed by atoms with van der Waals surface area (Å²) in [6, 6.07) is 8.63. The number of amides is 2. The molecule has 1 aromatic rings. The molecule has 0 radical (unpaired) electrons. The van der Waals surface area contributed by atoms with Crippen molar-refractivity contribution in [3.8, 4) is 5.75 Å². The number of nitrogens with one attached hydrogen (secondary N) is 2. The Kier molecular flexibility index (Phi) is 8.43. The van der Waals surface area contributed by atoms with Crippen molar-refractivity contribution in [1.29, 1.82) is 0 Å². The lowest BCUT2D eigenvalue weighted by Gasteiger charge is -2.19. The molecular weight excluding hydrogens is 300 g/mol. The molecule has 0 fully saturated rings. The van der Waals surface area contributed by atoms with Gasteiger partial charge in [-0.1, -0.05) is 18.2 Å². The molecule has 0 aliphatic rings. The second kappa shape index (κ2) is 10.1. The lowest BCUT2D eigenvalue weighted by atomic mass is 10.2. The second-order valence-electron chi connectivity index (χ2n) is 5.17. The Bertz CT molecular complexity index is 466. The van der Waals surface area contributed by atoms with E-state index in [1.807, 2.05) is 38.3 Å². The van der Waals surface area contributed by atoms with E-state index in [1.165, 1.54) is 0 Å². The maximum atomic E-state index is 12.1. The third-order valence-electron chi connectivity index (χ3n) is 2.81. The minimum atomic E-state index is -0.526. The predicted octanol–water partition coefficient (Wildman–Crippen LogP) is 1.83. The van der Waals surface area contributed by atoms with Crippen molar-refractivity contribution in [2.24, 2.45) is 0 Å². The first-order chi connectivity index (χ1) is 10.5. The number of carbonyl (C=O) groups is 2. The first-order valence-electron chi connectivity index (χ1n) is 7.29. The standard InChI is InChI=1S/C16H24N2O3S/c1-12(2)17-16(20)14(9-10-22-3)18-15(19)11-21-13-7-5-4-6-8-13/h4-8,12,14H,9-11H2,1-3H3,(H,17,20)(H,18,19). The Morgan fingerprint density at radius 3 is 2.45 bits per heavy atom. The summed E-state index contributed by atoms with van der Waals surface area (Å²) in [6.45, 7) is 3.68. The van der Waals surface area contributed by atoms with Crippen molar-refractivity contribution in [1.82, 2.24) is 10.6 Å². The van der Waals surface area contributed by atoms with E-state index >= 15 is 0 Å². The summed E-state index contributed by atoms with van der Waals surface area (Å²) in [7, 11) is 0. The Hall–Kier alpha value is -1.69. The quantitative estimate of drug-likeness (QED) is 0.727. The van der Waals surface area contributed by atoms with Crippen LogP contribution < -0.4 is 15.4 Å². The molecule has 2 amide bonds. The van der Waals surface area contributed by atoms with Crippen LogP contribution in [0, 0.1) is 0 Å². The molecule has 0 saturated heterocycles. The monoisotopic (exact) mass is 324 g/mol. The number of hydrogen-bond donors (Lipinski definition) is 2. The maximum Gasteiger partial charge on any atom is 0.258 e. The molecule has 122 valence electrons. The van der Waals surface area contributed by atoms with Crippen LogP contribution in [0.1, 0.15) is 20.3 Å². The lowest BCUT2D eigenvalue weighted by Crippen LogP contribution is -2.49. The number of carbonyl (C=O) groups excluding carboxylic acids is 2. The lowest BCUT2D eigenvalue weighted by molar-refractivity contribution is -0.130. The number of rotatable bonds is 9. The number of thioether (sulfide) groups is 1. The van der Waals surface area contributed by atoms with Gasteiger partial charge in [0.2, 0.25) is 5.91 Å². The molecule has 0 aliphatic heterocycles. The molecule has 1 atom stereocenters. The molecule has 1 unspecified atom stereocenters. The molecule has 0 spiro atoms. The van der Waals surface area contributed by atoms with Gasteiger partial charge in [0.05, 0.1) is 0 Å². The Morgan fingerprint density at radius 2 is 1.86 bits per heavy atom. The van der Waals surface area contributed by atoms with Gasteiger partial charge in [-0.15, -0.1) is 0 Å². The zero-order valence-electron chi connectivity index (χ0n) is 13.3. The van der Waals surface area contributed by atoms with Gasteiger partial charge in [-0.25, -0.2) is 0 Å². The minimum Gasteiger partial charge on any atom is -0.484 e. The third kappa shape index (κ3) is 7.36. The maximum absolute atomic E-state index is 12.1. The van der Waals surface area contributed by atoms with Crippen LogP contribution in [0.2, 0.25) is 0 Å². The highest BCUT2D eigenvalue weighted by Crippen LogP contribution is 2.08. The fourth-order valence-electron chi connectivity index (χ4n) is 1.79. The summed E-state index contributed by atoms with van der Waals surface area (Å²) < 4.78 is 5.39. The van der Waals surface area contributed by atoms with Gasteiger partial charge < -0.3 is 15.4 Å². The first-order valence-corrected chi connectivity index (χ1v) is 8.69. The number of benzene rings is 1. The molecule has 5 nitrogen and oxygen atoms in total. The SMILES string of the molecule is CSCCC(NC(=O)COc1ccccc1)C(=O)NC(C)C. The fourth-order valence-corrected chi connectivity index (χ4v) is 2.26. The molecule has 0 saturated carbocycles. The van der Waals surface area contributed by atoms with Gasteiger partial charge in [-0.05, 0) is 44.4 Å². The number of hydrogen-bond acceptors (Lipinski definition) is 4. The van der Waals surface area contributed by atoms with E-state index in [4.69, 9.17) is 4.74 Å². The van der Waals surface area contributed by atoms with Crippen molar-refractivity contribution < 1.29 is 14.3 Å². The van der Waals surface area contributed by atoms with Crippen molar-refractivity contribution >= 4 is 23.6 Å². The highest BCUT2D eigenvalue weighted by atomic mass is 32.2. The molecule has 0 bridgehead atoms. The molecular formula is C16H24N2O3S. The predicted molar refractivity (Wildman–Crippen MR) is 90.1 cm³/mol. The van der Waals surface area contributed by atoms with Crippen molar-refractivity contribution in [2.75, 3.05) is 18.6 Å². The minimum absolute atomic E-state index is 0.0433. The van der Waals surface area contributed by atoms with Gasteiger partial charge in [0.25, 0.3) is 5.91 Å². The second-order valence-corrected chi connectivity index (χ2v) is 6.15. The first kappa shape index (κ1) is 18.4. The molecule has 0 aliphatic carbocycles. The van der Waals surface area contributed by atoms with Crippen LogP contribution in [-0.2, 0) is 9.59 Å². The molecule has 6 heteroatoms. The van der Waals surface area contributed by atoms with Crippen LogP contribution in [0.25, 0.3) is 0 Å². The van der Waals surface area contributed by atoms with E-state index in [-0.39, 0.29) is 24.5 Å². The molecule has 0 aromatic heterocycles. The summed E-state index contributed by atoms with van der Waals surface area (Å²) in [5.74, 6) is 0.978. The van der Waals surface area contributed by atoms with E-state index in [0.29, 0.717) is 12.2 Å². The fraction of sp³-hybridized carbons (Fsp3) is 0.500. The Balaban J connectivity index is 2.49. The normalized spacial score (nSPS) is 11.8. The zero-order chi connectivity index (χ0) is 16.4. The number of para-hydroxylation sites is 1. The Morgan fingerprint density at radius 1 is 1.18 bits per heavy atom. The van der Waals surface area contributed by atoms with Crippen LogP contribution in [0.4, 0.5) is 0 Å². The van der Waals surface area contributed by atoms with E-state index < -0.39 is 6.04 Å². The van der Waals surface area contributed by atoms with E-state index in [2.05, 4.69) is 10.6 Å². The summed E-state index contributed by atoms with van der Waals surface area (Å²) in [5, 5.41) is 5.57. The average Bonchev–Trinajstić information content (AvgIpc) is 2.49. The van der Waals surface area contributed by atoms with Crippen LogP contribution in [0.15, 0.2) is 30.3 Å². The largest absolute Gasteiger partial charge is 0.484 e. The van der Waals surface area contributed by atoms with Gasteiger partial charge >= 0.3 is 0 Å². The van der Waals surface area contributed by atoms with Crippen molar-refractivity contribution in [2.45, 2.75) is 32.4 Å². The van der Waals surface area contributed by atoms with Gasteiger partial charge in [0.1, 0.15) is 11.8 Å². The van der Waals surface area contributed by atoms with Crippen LogP contribution in [-0.4, -0.2) is 42.5 Å². The van der Waals surface area contributed by atoms with Crippen LogP contribution in [0.3, 0.4) is 0 Å². The van der Waals surface area contributed by atoms with E-state index in [1.54, 1.807) is 23.9 Å². The van der Waals surface area contributed by atoms with Gasteiger partial charge in [0.15, 0.2) is 6.61 Å². The zero-order valence-corrected chi connectivity index (χ0v) is 14.1. The summed E-state index contributed by atoms with van der Waals surface area (Å²) >= 11 is 1.64. The van der Waals surface area contributed by atoms with Crippen LogP contribution >= 0.6 is 11.8 Å². The highest BCUT2D eigenvalue weighted by Gasteiger charge is 2.21. The topological polar surface area (TPSA) is 67.4 Å². The van der Waals surface area contributed by atoms with E-state index in [0.717, 1.165) is 5.75 Å². The highest BCUT2D eigenvalue weighted by molar-refractivity contribution is 7.98. The molecule has 1 rings (SSSR count). The summed E-state index contributed by atoms with van der Waals surface area (Å²) in [4.78, 5) is 24.1. The Labute approximate surface area is 136 Å². The van der Waals surface area contributed by atoms with Crippen LogP contribution in [0.5, 0.6) is 5.75 Å². The molecule has 1 aromatic carbocycles. The molecule has 2 N–H and O–H groups in total. The smallest absolute Gasteiger partial charge is 0.258 e. The van der Waals surface area contributed by atoms with Gasteiger partial charge in [0, 0.05) is 6.04 Å².